The van der Waals surface area contributed by atoms with Crippen LogP contribution in [0.1, 0.15) is 25.0 Å². The molecule has 0 aromatic heterocycles. The molecule has 4 heteroatoms. The maximum absolute atomic E-state index is 12.7. The fourth-order valence-electron chi connectivity index (χ4n) is 1.81. The fraction of sp³-hybridized carbons (Fsp3) is 0.308. The summed E-state index contributed by atoms with van der Waals surface area (Å²) in [5.74, 6) is -0.416. The van der Waals surface area contributed by atoms with Crippen LogP contribution in [0.2, 0.25) is 0 Å². The van der Waals surface area contributed by atoms with Crippen LogP contribution in [0.4, 0.5) is 4.39 Å². The average molecular weight is 235 g/mol. The highest BCUT2D eigenvalue weighted by Crippen LogP contribution is 2.22. The highest BCUT2D eigenvalue weighted by atomic mass is 19.1. The lowest BCUT2D eigenvalue weighted by molar-refractivity contribution is -0.121. The lowest BCUT2D eigenvalue weighted by atomic mass is 10.1. The van der Waals surface area contributed by atoms with Crippen molar-refractivity contribution < 1.29 is 14.3 Å². The number of amides is 1. The standard InChI is InChI=1S/C13H14FNO2/c1-8-6-11(15-13(8)17)7-12(16)9-2-4-10(14)5-3-9/h2-5,7-8,12,16H,6H2,1H3,(H,15,17)/b11-7-. The van der Waals surface area contributed by atoms with Gasteiger partial charge < -0.3 is 10.4 Å². The van der Waals surface area contributed by atoms with Crippen molar-refractivity contribution in [2.45, 2.75) is 19.4 Å². The number of allylic oxidation sites excluding steroid dienone is 1. The van der Waals surface area contributed by atoms with Gasteiger partial charge in [-0.1, -0.05) is 19.1 Å². The third-order valence-corrected chi connectivity index (χ3v) is 2.83. The Morgan fingerprint density at radius 2 is 2.12 bits per heavy atom. The number of hydrogen-bond donors (Lipinski definition) is 2. The number of halogens is 1. The molecule has 1 aliphatic rings. The van der Waals surface area contributed by atoms with Gasteiger partial charge in [0.05, 0.1) is 6.10 Å². The minimum atomic E-state index is -0.823. The summed E-state index contributed by atoms with van der Waals surface area (Å²) in [6.07, 6.45) is 1.38. The van der Waals surface area contributed by atoms with Gasteiger partial charge in [-0.15, -0.1) is 0 Å². The monoisotopic (exact) mass is 235 g/mol. The minimum Gasteiger partial charge on any atom is -0.384 e. The topological polar surface area (TPSA) is 49.3 Å². The van der Waals surface area contributed by atoms with Crippen molar-refractivity contribution in [2.24, 2.45) is 5.92 Å². The Kier molecular flexibility index (Phi) is 3.24. The van der Waals surface area contributed by atoms with Crippen LogP contribution in [0.5, 0.6) is 0 Å². The molecule has 0 aliphatic carbocycles. The van der Waals surface area contributed by atoms with Crippen LogP contribution >= 0.6 is 0 Å². The highest BCUT2D eigenvalue weighted by Gasteiger charge is 2.24. The second-order valence-electron chi connectivity index (χ2n) is 4.28. The molecule has 0 bridgehead atoms. The van der Waals surface area contributed by atoms with Crippen molar-refractivity contribution in [3.8, 4) is 0 Å². The van der Waals surface area contributed by atoms with Crippen molar-refractivity contribution in [3.05, 3.63) is 47.4 Å². The van der Waals surface area contributed by atoms with Gasteiger partial charge >= 0.3 is 0 Å². The molecule has 1 fully saturated rings. The van der Waals surface area contributed by atoms with Gasteiger partial charge in [0.15, 0.2) is 0 Å². The van der Waals surface area contributed by atoms with Crippen LogP contribution in [-0.2, 0) is 4.79 Å². The number of carbonyl (C=O) groups is 1. The first-order valence-electron chi connectivity index (χ1n) is 5.51. The molecule has 0 saturated carbocycles. The Labute approximate surface area is 99.0 Å². The van der Waals surface area contributed by atoms with Crippen LogP contribution < -0.4 is 5.32 Å². The maximum atomic E-state index is 12.7. The summed E-state index contributed by atoms with van der Waals surface area (Å²) in [5.41, 5.74) is 1.33. The maximum Gasteiger partial charge on any atom is 0.227 e. The van der Waals surface area contributed by atoms with E-state index < -0.39 is 6.10 Å². The summed E-state index contributed by atoms with van der Waals surface area (Å²) >= 11 is 0. The van der Waals surface area contributed by atoms with Gasteiger partial charge in [-0.25, -0.2) is 4.39 Å². The number of hydrogen-bond acceptors (Lipinski definition) is 2. The molecule has 2 unspecified atom stereocenters. The zero-order valence-electron chi connectivity index (χ0n) is 9.48. The molecule has 1 amide bonds. The molecule has 1 saturated heterocycles. The van der Waals surface area contributed by atoms with Gasteiger partial charge in [0, 0.05) is 11.6 Å². The second-order valence-corrected chi connectivity index (χ2v) is 4.28. The Balaban J connectivity index is 2.11. The largest absolute Gasteiger partial charge is 0.384 e. The molecule has 2 atom stereocenters. The second kappa shape index (κ2) is 4.67. The first-order valence-corrected chi connectivity index (χ1v) is 5.51. The normalized spacial score (nSPS) is 23.8. The third-order valence-electron chi connectivity index (χ3n) is 2.83. The van der Waals surface area contributed by atoms with E-state index in [9.17, 15) is 14.3 Å². The predicted molar refractivity (Wildman–Crippen MR) is 61.4 cm³/mol. The number of benzene rings is 1. The number of aliphatic hydroxyl groups is 1. The zero-order valence-corrected chi connectivity index (χ0v) is 9.48. The average Bonchev–Trinajstić information content (AvgIpc) is 2.58. The van der Waals surface area contributed by atoms with Crippen molar-refractivity contribution in [1.82, 2.24) is 5.32 Å². The Hall–Kier alpha value is -1.68. The molecule has 3 nitrogen and oxygen atoms in total. The molecule has 1 aromatic carbocycles. The molecule has 1 aliphatic heterocycles. The number of aliphatic hydroxyl groups excluding tert-OH is 1. The van der Waals surface area contributed by atoms with Crippen LogP contribution in [0.3, 0.4) is 0 Å². The molecule has 1 aromatic rings. The van der Waals surface area contributed by atoms with Crippen molar-refractivity contribution in [1.29, 1.82) is 0 Å². The first-order chi connectivity index (χ1) is 8.06. The smallest absolute Gasteiger partial charge is 0.227 e. The zero-order chi connectivity index (χ0) is 12.4. The number of nitrogens with one attached hydrogen (secondary N) is 1. The van der Waals surface area contributed by atoms with E-state index in [1.54, 1.807) is 6.08 Å². The van der Waals surface area contributed by atoms with E-state index in [1.807, 2.05) is 6.92 Å². The summed E-state index contributed by atoms with van der Waals surface area (Å²) in [4.78, 5) is 11.3. The van der Waals surface area contributed by atoms with Crippen LogP contribution in [0.15, 0.2) is 36.0 Å². The van der Waals surface area contributed by atoms with E-state index >= 15 is 0 Å². The van der Waals surface area contributed by atoms with Crippen molar-refractivity contribution >= 4 is 5.91 Å². The Morgan fingerprint density at radius 3 is 2.65 bits per heavy atom. The molecular formula is C13H14FNO2. The van der Waals surface area contributed by atoms with Gasteiger partial charge in [-0.05, 0) is 30.2 Å². The summed E-state index contributed by atoms with van der Waals surface area (Å²) in [7, 11) is 0. The predicted octanol–water partition coefficient (Wildman–Crippen LogP) is 1.90. The molecular weight excluding hydrogens is 221 g/mol. The molecule has 0 radical (unpaired) electrons. The first kappa shape index (κ1) is 11.8. The number of rotatable bonds is 2. The Morgan fingerprint density at radius 1 is 1.47 bits per heavy atom. The van der Waals surface area contributed by atoms with Crippen LogP contribution in [0.25, 0.3) is 0 Å². The van der Waals surface area contributed by atoms with Crippen molar-refractivity contribution in [3.63, 3.8) is 0 Å². The van der Waals surface area contributed by atoms with Crippen molar-refractivity contribution in [2.75, 3.05) is 0 Å². The van der Waals surface area contributed by atoms with Crippen LogP contribution in [-0.4, -0.2) is 11.0 Å². The summed E-state index contributed by atoms with van der Waals surface area (Å²) in [5, 5.41) is 12.6. The lowest BCUT2D eigenvalue weighted by Gasteiger charge is -2.07. The quantitative estimate of drug-likeness (QED) is 0.822. The van der Waals surface area contributed by atoms with Gasteiger partial charge in [-0.3, -0.25) is 4.79 Å². The molecule has 17 heavy (non-hydrogen) atoms. The third kappa shape index (κ3) is 2.71. The molecule has 90 valence electrons. The minimum absolute atomic E-state index is 0.0254. The van der Waals surface area contributed by atoms with Gasteiger partial charge in [0.25, 0.3) is 0 Å². The van der Waals surface area contributed by atoms with E-state index in [2.05, 4.69) is 5.32 Å². The molecule has 2 N–H and O–H groups in total. The van der Waals surface area contributed by atoms with Crippen LogP contribution in [0, 0.1) is 11.7 Å². The lowest BCUT2D eigenvalue weighted by Crippen LogP contribution is -2.16. The highest BCUT2D eigenvalue weighted by molar-refractivity contribution is 5.83. The summed E-state index contributed by atoms with van der Waals surface area (Å²) in [6.45, 7) is 1.83. The van der Waals surface area contributed by atoms with Gasteiger partial charge in [0.1, 0.15) is 5.82 Å². The van der Waals surface area contributed by atoms with Gasteiger partial charge in [-0.2, -0.15) is 0 Å². The number of carbonyl (C=O) groups excluding carboxylic acids is 1. The van der Waals surface area contributed by atoms with E-state index in [0.29, 0.717) is 12.0 Å². The fourth-order valence-corrected chi connectivity index (χ4v) is 1.81. The van der Waals surface area contributed by atoms with E-state index in [1.165, 1.54) is 24.3 Å². The molecule has 0 spiro atoms. The SMILES string of the molecule is CC1C/C(=C/C(O)c2ccc(F)cc2)NC1=O. The van der Waals surface area contributed by atoms with Gasteiger partial charge in [0.2, 0.25) is 5.91 Å². The van der Waals surface area contributed by atoms with E-state index in [4.69, 9.17) is 0 Å². The van der Waals surface area contributed by atoms with E-state index in [-0.39, 0.29) is 17.6 Å². The molecule has 1 heterocycles. The van der Waals surface area contributed by atoms with E-state index in [0.717, 1.165) is 5.70 Å². The summed E-state index contributed by atoms with van der Waals surface area (Å²) < 4.78 is 12.7. The summed E-state index contributed by atoms with van der Waals surface area (Å²) in [6, 6.07) is 5.65. The molecule has 2 rings (SSSR count). The Bertz CT molecular complexity index is 453.